The van der Waals surface area contributed by atoms with E-state index in [1.54, 1.807) is 19.6 Å². The summed E-state index contributed by atoms with van der Waals surface area (Å²) in [5.41, 5.74) is 2.79. The van der Waals surface area contributed by atoms with Gasteiger partial charge in [-0.2, -0.15) is 10.2 Å². The van der Waals surface area contributed by atoms with Crippen molar-refractivity contribution < 1.29 is 9.39 Å². The molecule has 0 amide bonds. The van der Waals surface area contributed by atoms with Gasteiger partial charge in [-0.15, -0.1) is 0 Å². The molecule has 0 spiro atoms. The Hall–Kier alpha value is -2.52. The van der Waals surface area contributed by atoms with Gasteiger partial charge in [0.05, 0.1) is 12.2 Å². The molecule has 113 valence electrons. The number of hydrogen-bond donors (Lipinski definition) is 0. The maximum Gasteiger partial charge on any atom is 0.330 e. The Kier molecular flexibility index (Phi) is 3.64. The van der Waals surface area contributed by atoms with Gasteiger partial charge in [0.1, 0.15) is 11.8 Å². The van der Waals surface area contributed by atoms with E-state index in [-0.39, 0.29) is 0 Å². The van der Waals surface area contributed by atoms with Crippen LogP contribution in [-0.4, -0.2) is 25.6 Å². The molecule has 2 aromatic rings. The van der Waals surface area contributed by atoms with Crippen molar-refractivity contribution in [2.45, 2.75) is 19.4 Å². The fourth-order valence-electron chi connectivity index (χ4n) is 2.97. The minimum Gasteiger partial charge on any atom is -0.439 e. The molecule has 2 aliphatic rings. The zero-order valence-corrected chi connectivity index (χ0v) is 12.7. The molecular weight excluding hydrogens is 289 g/mol. The molecule has 2 aliphatic heterocycles. The van der Waals surface area contributed by atoms with Crippen LogP contribution in [0.2, 0.25) is 0 Å². The fourth-order valence-corrected chi connectivity index (χ4v) is 2.97. The largest absolute Gasteiger partial charge is 0.439 e. The van der Waals surface area contributed by atoms with Gasteiger partial charge in [0.2, 0.25) is 5.88 Å². The lowest BCUT2D eigenvalue weighted by Crippen LogP contribution is -2.20. The molecule has 0 atom stereocenters. The molecule has 3 heterocycles. The van der Waals surface area contributed by atoms with Crippen molar-refractivity contribution in [3.63, 3.8) is 0 Å². The summed E-state index contributed by atoms with van der Waals surface area (Å²) in [4.78, 5) is 6.71. The third kappa shape index (κ3) is 2.76. The van der Waals surface area contributed by atoms with Crippen molar-refractivity contribution >= 4 is 18.8 Å². The molecule has 23 heavy (non-hydrogen) atoms. The van der Waals surface area contributed by atoms with Crippen LogP contribution in [0, 0.1) is 11.3 Å². The number of nitrogens with zero attached hydrogens (tertiary/aromatic N) is 3. The van der Waals surface area contributed by atoms with E-state index in [1.165, 1.54) is 0 Å². The molecule has 1 saturated heterocycles. The number of ether oxygens (including phenoxy) is 1. The van der Waals surface area contributed by atoms with Crippen LogP contribution < -0.4 is 15.1 Å². The topological polar surface area (TPSA) is 58.4 Å². The first-order chi connectivity index (χ1) is 11.3. The molecule has 1 radical (unpaired) electrons. The average Bonchev–Trinajstić information content (AvgIpc) is 3.26. The quantitative estimate of drug-likeness (QED) is 0.813. The summed E-state index contributed by atoms with van der Waals surface area (Å²) in [5, 5.41) is 9.29. The first-order valence-corrected chi connectivity index (χ1v) is 7.75. The van der Waals surface area contributed by atoms with Crippen molar-refractivity contribution in [2.75, 3.05) is 18.0 Å². The lowest BCUT2D eigenvalue weighted by atomic mass is 9.87. The van der Waals surface area contributed by atoms with Gasteiger partial charge in [-0.1, -0.05) is 6.07 Å². The molecule has 0 aliphatic carbocycles. The van der Waals surface area contributed by atoms with Gasteiger partial charge in [0.15, 0.2) is 5.82 Å². The highest BCUT2D eigenvalue weighted by Crippen LogP contribution is 2.27. The van der Waals surface area contributed by atoms with E-state index in [0.29, 0.717) is 18.1 Å². The number of benzene rings is 1. The second-order valence-corrected chi connectivity index (χ2v) is 5.72. The van der Waals surface area contributed by atoms with Crippen LogP contribution in [0.1, 0.15) is 24.0 Å². The van der Waals surface area contributed by atoms with Gasteiger partial charge in [-0.05, 0) is 42.1 Å². The summed E-state index contributed by atoms with van der Waals surface area (Å²) < 4.78 is 11.2. The van der Waals surface area contributed by atoms with Crippen LogP contribution in [0.25, 0.3) is 0 Å². The Labute approximate surface area is 135 Å². The molecule has 1 aromatic carbocycles. The summed E-state index contributed by atoms with van der Waals surface area (Å²) >= 11 is 0. The molecule has 0 N–H and O–H groups in total. The summed E-state index contributed by atoms with van der Waals surface area (Å²) in [6.07, 6.45) is 2.28. The van der Waals surface area contributed by atoms with Crippen LogP contribution in [-0.2, 0) is 11.3 Å². The van der Waals surface area contributed by atoms with Crippen LogP contribution in [0.3, 0.4) is 0 Å². The van der Waals surface area contributed by atoms with E-state index in [1.807, 2.05) is 18.2 Å². The summed E-state index contributed by atoms with van der Waals surface area (Å²) in [6.45, 7) is 2.46. The Bertz CT molecular complexity index is 782. The molecule has 1 aromatic heterocycles. The second-order valence-electron chi connectivity index (χ2n) is 5.72. The molecule has 0 saturated carbocycles. The van der Waals surface area contributed by atoms with E-state index >= 15 is 0 Å². The lowest BCUT2D eigenvalue weighted by molar-refractivity contribution is 0.344. The van der Waals surface area contributed by atoms with Gasteiger partial charge in [0, 0.05) is 19.2 Å². The van der Waals surface area contributed by atoms with E-state index in [9.17, 15) is 5.26 Å². The van der Waals surface area contributed by atoms with Gasteiger partial charge >= 0.3 is 7.48 Å². The van der Waals surface area contributed by atoms with E-state index in [2.05, 4.69) is 16.0 Å². The van der Waals surface area contributed by atoms with Crippen LogP contribution in [0.4, 0.5) is 5.82 Å². The third-order valence-electron chi connectivity index (χ3n) is 4.16. The second kappa shape index (κ2) is 5.94. The van der Waals surface area contributed by atoms with Crippen molar-refractivity contribution in [2.24, 2.45) is 0 Å². The number of anilines is 1. The minimum absolute atomic E-state index is 0.508. The smallest absolute Gasteiger partial charge is 0.330 e. The zero-order chi connectivity index (χ0) is 15.6. The Morgan fingerprint density at radius 3 is 2.91 bits per heavy atom. The maximum absolute atomic E-state index is 9.29. The molecular formula is C17H15BN3O2. The summed E-state index contributed by atoms with van der Waals surface area (Å²) in [7, 11) is 1.75. The normalized spacial score (nSPS) is 15.9. The van der Waals surface area contributed by atoms with Crippen molar-refractivity contribution in [3.8, 4) is 17.7 Å². The van der Waals surface area contributed by atoms with Crippen LogP contribution in [0.5, 0.6) is 11.6 Å². The van der Waals surface area contributed by atoms with Crippen molar-refractivity contribution in [1.29, 1.82) is 5.26 Å². The van der Waals surface area contributed by atoms with Crippen LogP contribution in [0.15, 0.2) is 30.3 Å². The first-order valence-electron chi connectivity index (χ1n) is 7.75. The maximum atomic E-state index is 9.29. The molecule has 1 fully saturated rings. The van der Waals surface area contributed by atoms with Crippen molar-refractivity contribution in [3.05, 3.63) is 41.5 Å². The number of fused-ring (bicyclic) bond motifs is 1. The monoisotopic (exact) mass is 304 g/mol. The molecule has 0 bridgehead atoms. The standard InChI is InChI=1S/C17H15BN3O2/c19-10-12-3-6-16(20-17(12)21-7-1-2-8-21)23-14-4-5-15-13(9-14)11-22-18-15/h3-6,9H,1-2,7-8,11H2. The number of pyridine rings is 1. The Morgan fingerprint density at radius 1 is 1.22 bits per heavy atom. The predicted octanol–water partition coefficient (Wildman–Crippen LogP) is 2.12. The number of hydrogen-bond acceptors (Lipinski definition) is 5. The third-order valence-corrected chi connectivity index (χ3v) is 4.16. The highest BCUT2D eigenvalue weighted by atomic mass is 16.5. The minimum atomic E-state index is 0.508. The molecule has 6 heteroatoms. The zero-order valence-electron chi connectivity index (χ0n) is 12.7. The molecule has 0 unspecified atom stereocenters. The van der Waals surface area contributed by atoms with Crippen molar-refractivity contribution in [1.82, 2.24) is 4.98 Å². The van der Waals surface area contributed by atoms with E-state index in [4.69, 9.17) is 9.39 Å². The number of rotatable bonds is 3. The highest BCUT2D eigenvalue weighted by molar-refractivity contribution is 6.48. The lowest BCUT2D eigenvalue weighted by Gasteiger charge is -2.18. The van der Waals surface area contributed by atoms with Gasteiger partial charge < -0.3 is 14.3 Å². The highest BCUT2D eigenvalue weighted by Gasteiger charge is 2.19. The number of nitriles is 1. The van der Waals surface area contributed by atoms with Crippen LogP contribution >= 0.6 is 0 Å². The summed E-state index contributed by atoms with van der Waals surface area (Å²) in [5.74, 6) is 1.96. The average molecular weight is 304 g/mol. The number of aromatic nitrogens is 1. The molecule has 4 rings (SSSR count). The predicted molar refractivity (Wildman–Crippen MR) is 87.1 cm³/mol. The Balaban J connectivity index is 1.61. The van der Waals surface area contributed by atoms with E-state index in [0.717, 1.165) is 48.5 Å². The van der Waals surface area contributed by atoms with E-state index < -0.39 is 0 Å². The van der Waals surface area contributed by atoms with Gasteiger partial charge in [-0.3, -0.25) is 0 Å². The SMILES string of the molecule is N#Cc1ccc(Oc2ccc3c(c2)CO[B]3)nc1N1CCCC1. The fraction of sp³-hybridized carbons (Fsp3) is 0.294. The van der Waals surface area contributed by atoms with Gasteiger partial charge in [-0.25, -0.2) is 0 Å². The van der Waals surface area contributed by atoms with Gasteiger partial charge in [0.25, 0.3) is 0 Å². The molecule has 5 nitrogen and oxygen atoms in total. The Morgan fingerprint density at radius 2 is 2.09 bits per heavy atom. The first kappa shape index (κ1) is 14.1. The summed E-state index contributed by atoms with van der Waals surface area (Å²) in [6, 6.07) is 11.6.